The lowest BCUT2D eigenvalue weighted by molar-refractivity contribution is -0.125. The summed E-state index contributed by atoms with van der Waals surface area (Å²) in [5, 5.41) is 3.95. The van der Waals surface area contributed by atoms with Gasteiger partial charge in [0.25, 0.3) is 5.91 Å². The van der Waals surface area contributed by atoms with Gasteiger partial charge in [-0.05, 0) is 77.4 Å². The molecule has 0 bridgehead atoms. The van der Waals surface area contributed by atoms with Gasteiger partial charge >= 0.3 is 0 Å². The van der Waals surface area contributed by atoms with E-state index in [1.54, 1.807) is 7.11 Å². The van der Waals surface area contributed by atoms with Crippen LogP contribution in [0.2, 0.25) is 0 Å². The van der Waals surface area contributed by atoms with Gasteiger partial charge in [0.15, 0.2) is 0 Å². The first-order valence-electron chi connectivity index (χ1n) is 8.02. The van der Waals surface area contributed by atoms with Gasteiger partial charge in [0.05, 0.1) is 14.6 Å². The fourth-order valence-electron chi connectivity index (χ4n) is 2.24. The van der Waals surface area contributed by atoms with Gasteiger partial charge < -0.3 is 14.8 Å². The number of rotatable bonds is 6. The topological polar surface area (TPSA) is 60.5 Å². The van der Waals surface area contributed by atoms with E-state index >= 15 is 0 Å². The fraction of sp³-hybridized carbons (Fsp3) is 0.368. The van der Waals surface area contributed by atoms with Crippen molar-refractivity contribution in [1.29, 1.82) is 0 Å². The molecule has 0 spiro atoms. The maximum absolute atomic E-state index is 12.7. The summed E-state index contributed by atoms with van der Waals surface area (Å²) in [5.41, 5.74) is -0.556. The highest BCUT2D eigenvalue weighted by Crippen LogP contribution is 2.28. The first-order chi connectivity index (χ1) is 12.8. The van der Waals surface area contributed by atoms with Crippen molar-refractivity contribution in [1.82, 2.24) is 10.3 Å². The second-order valence-corrected chi connectivity index (χ2v) is 9.35. The molecule has 0 aliphatic carbocycles. The lowest BCUT2D eigenvalue weighted by Gasteiger charge is -2.24. The maximum atomic E-state index is 12.7. The molecule has 0 fully saturated rings. The van der Waals surface area contributed by atoms with E-state index in [2.05, 4.69) is 67.3 Å². The number of para-hydroxylation sites is 1. The third-order valence-corrected chi connectivity index (χ3v) is 5.80. The van der Waals surface area contributed by atoms with Crippen LogP contribution in [0.4, 0.5) is 0 Å². The van der Waals surface area contributed by atoms with Crippen LogP contribution in [0.3, 0.4) is 0 Å². The third kappa shape index (κ3) is 6.37. The molecule has 27 heavy (non-hydrogen) atoms. The number of hydrogen-bond acceptors (Lipinski definition) is 5. The zero-order chi connectivity index (χ0) is 20.0. The molecule has 5 nitrogen and oxygen atoms in total. The van der Waals surface area contributed by atoms with Crippen molar-refractivity contribution in [2.75, 3.05) is 20.0 Å². The Morgan fingerprint density at radius 2 is 2.11 bits per heavy atom. The summed E-state index contributed by atoms with van der Waals surface area (Å²) < 4.78 is 12.8. The largest absolute Gasteiger partial charge is 0.452 e. The lowest BCUT2D eigenvalue weighted by atomic mass is 10.1. The monoisotopic (exact) mass is 610 g/mol. The number of methoxy groups -OCH3 is 1. The van der Waals surface area contributed by atoms with Crippen molar-refractivity contribution in [3.8, 4) is 17.7 Å². The summed E-state index contributed by atoms with van der Waals surface area (Å²) in [7, 11) is 1.58. The maximum Gasteiger partial charge on any atom is 0.272 e. The Bertz CT molecular complexity index is 894. The van der Waals surface area contributed by atoms with Crippen LogP contribution in [0.15, 0.2) is 24.3 Å². The van der Waals surface area contributed by atoms with Gasteiger partial charge in [0.1, 0.15) is 6.61 Å². The van der Waals surface area contributed by atoms with E-state index in [0.717, 1.165) is 18.0 Å². The molecule has 0 saturated heterocycles. The quantitative estimate of drug-likeness (QED) is 0.304. The Hall–Kier alpha value is -0.770. The van der Waals surface area contributed by atoms with Crippen LogP contribution in [-0.2, 0) is 9.53 Å². The molecule has 0 aliphatic rings. The van der Waals surface area contributed by atoms with E-state index in [1.165, 1.54) is 11.8 Å². The second kappa shape index (κ2) is 10.1. The Morgan fingerprint density at radius 1 is 1.37 bits per heavy atom. The molecule has 1 atom stereocenters. The molecule has 1 aromatic carbocycles. The number of fused-ring (bicyclic) bond motifs is 1. The number of thioether (sulfide) groups is 1. The summed E-state index contributed by atoms with van der Waals surface area (Å²) in [6.07, 6.45) is 1.82. The molecule has 2 rings (SSSR count). The molecule has 8 heteroatoms. The summed E-state index contributed by atoms with van der Waals surface area (Å²) in [5.74, 6) is 6.06. The van der Waals surface area contributed by atoms with E-state index in [1.807, 2.05) is 44.4 Å². The van der Waals surface area contributed by atoms with Crippen molar-refractivity contribution in [3.05, 3.63) is 31.4 Å². The van der Waals surface area contributed by atoms with E-state index < -0.39 is 11.0 Å². The van der Waals surface area contributed by atoms with Gasteiger partial charge in [-0.15, -0.1) is 11.8 Å². The number of ether oxygens (including phenoxy) is 2. The molecule has 1 aromatic heterocycles. The predicted molar refractivity (Wildman–Crippen MR) is 127 cm³/mol. The predicted octanol–water partition coefficient (Wildman–Crippen LogP) is 4.06. The highest BCUT2D eigenvalue weighted by molar-refractivity contribution is 14.1. The van der Waals surface area contributed by atoms with Crippen molar-refractivity contribution in [2.45, 2.75) is 24.8 Å². The van der Waals surface area contributed by atoms with Crippen LogP contribution in [0.25, 0.3) is 10.9 Å². The molecule has 1 amide bonds. The second-order valence-electron chi connectivity index (χ2n) is 6.12. The van der Waals surface area contributed by atoms with Crippen LogP contribution in [-0.4, -0.2) is 41.8 Å². The smallest absolute Gasteiger partial charge is 0.272 e. The van der Waals surface area contributed by atoms with Crippen molar-refractivity contribution < 1.29 is 14.3 Å². The standard InChI is InChI=1S/C19H20I2N2O3S/c1-19(2,9-6-10-25-3)23-16(24)18(27-4)26-17-14(21)11-12-7-5-8-13(20)15(12)22-17/h5,7-8,11,18H,10H2,1-4H3,(H,23,24). The third-order valence-electron chi connectivity index (χ3n) is 3.42. The molecule has 2 aromatic rings. The molecule has 1 heterocycles. The molecular weight excluding hydrogens is 590 g/mol. The van der Waals surface area contributed by atoms with Gasteiger partial charge in [-0.2, -0.15) is 0 Å². The van der Waals surface area contributed by atoms with E-state index in [4.69, 9.17) is 9.47 Å². The number of nitrogens with one attached hydrogen (secondary N) is 1. The number of hydrogen-bond donors (Lipinski definition) is 1. The van der Waals surface area contributed by atoms with Gasteiger partial charge in [0.2, 0.25) is 11.3 Å². The Morgan fingerprint density at radius 3 is 2.78 bits per heavy atom. The van der Waals surface area contributed by atoms with Crippen molar-refractivity contribution in [3.63, 3.8) is 0 Å². The highest BCUT2D eigenvalue weighted by Gasteiger charge is 2.26. The highest BCUT2D eigenvalue weighted by atomic mass is 127. The molecule has 0 radical (unpaired) electrons. The molecule has 1 N–H and O–H groups in total. The van der Waals surface area contributed by atoms with E-state index in [-0.39, 0.29) is 5.91 Å². The number of carbonyl (C=O) groups is 1. The van der Waals surface area contributed by atoms with Crippen LogP contribution < -0.4 is 10.1 Å². The van der Waals surface area contributed by atoms with Gasteiger partial charge in [-0.25, -0.2) is 4.98 Å². The lowest BCUT2D eigenvalue weighted by Crippen LogP contribution is -2.47. The molecule has 1 unspecified atom stereocenters. The van der Waals surface area contributed by atoms with Gasteiger partial charge in [-0.1, -0.05) is 24.0 Å². The van der Waals surface area contributed by atoms with E-state index in [9.17, 15) is 4.79 Å². The number of aromatic nitrogens is 1. The first kappa shape index (κ1) is 22.5. The Balaban J connectivity index is 2.20. The van der Waals surface area contributed by atoms with Crippen LogP contribution in [0, 0.1) is 19.0 Å². The Labute approximate surface area is 191 Å². The zero-order valence-corrected chi connectivity index (χ0v) is 20.6. The van der Waals surface area contributed by atoms with Crippen LogP contribution in [0.5, 0.6) is 5.88 Å². The first-order valence-corrected chi connectivity index (χ1v) is 11.5. The number of pyridine rings is 1. The molecule has 144 valence electrons. The minimum absolute atomic E-state index is 0.250. The summed E-state index contributed by atoms with van der Waals surface area (Å²) >= 11 is 5.73. The number of nitrogens with zero attached hydrogens (tertiary/aromatic N) is 1. The number of carbonyl (C=O) groups excluding carboxylic acids is 1. The summed E-state index contributed by atoms with van der Waals surface area (Å²) in [6.45, 7) is 4.00. The number of benzene rings is 1. The molecular formula is C19H20I2N2O3S. The number of halogens is 2. The minimum Gasteiger partial charge on any atom is -0.452 e. The summed E-state index contributed by atoms with van der Waals surface area (Å²) in [6, 6.07) is 8.01. The molecule has 0 saturated carbocycles. The van der Waals surface area contributed by atoms with Crippen molar-refractivity contribution in [2.24, 2.45) is 0 Å². The number of amides is 1. The average Bonchev–Trinajstić information content (AvgIpc) is 2.60. The fourth-order valence-corrected chi connectivity index (χ4v) is 3.92. The van der Waals surface area contributed by atoms with Gasteiger partial charge in [-0.3, -0.25) is 4.79 Å². The van der Waals surface area contributed by atoms with Crippen LogP contribution in [0.1, 0.15) is 13.8 Å². The molecule has 0 aliphatic heterocycles. The summed E-state index contributed by atoms with van der Waals surface area (Å²) in [4.78, 5) is 17.3. The zero-order valence-electron chi connectivity index (χ0n) is 15.4. The van der Waals surface area contributed by atoms with Crippen LogP contribution >= 0.6 is 56.9 Å². The van der Waals surface area contributed by atoms with Crippen molar-refractivity contribution >= 4 is 73.8 Å². The SMILES string of the molecule is COCC#CC(C)(C)NC(=O)C(Oc1nc2c(I)cccc2cc1I)SC. The normalized spacial score (nSPS) is 12.2. The van der Waals surface area contributed by atoms with Gasteiger partial charge in [0, 0.05) is 16.1 Å². The van der Waals surface area contributed by atoms with E-state index in [0.29, 0.717) is 12.5 Å². The minimum atomic E-state index is -0.728. The average molecular weight is 610 g/mol. The Kier molecular flexibility index (Phi) is 8.45.